The minimum absolute atomic E-state index is 0.0327. The lowest BCUT2D eigenvalue weighted by molar-refractivity contribution is 0.0710. The number of benzene rings is 1. The van der Waals surface area contributed by atoms with Gasteiger partial charge < -0.3 is 24.8 Å². The first kappa shape index (κ1) is 21.1. The van der Waals surface area contributed by atoms with Gasteiger partial charge >= 0.3 is 12.1 Å². The number of anilines is 2. The Kier molecular flexibility index (Phi) is 6.39. The number of nitrogens with one attached hydrogen (secondary N) is 1. The summed E-state index contributed by atoms with van der Waals surface area (Å²) in [4.78, 5) is 15.0. The molecule has 9 nitrogen and oxygen atoms in total. The predicted molar refractivity (Wildman–Crippen MR) is 108 cm³/mol. The van der Waals surface area contributed by atoms with E-state index in [2.05, 4.69) is 26.5 Å². The van der Waals surface area contributed by atoms with Crippen molar-refractivity contribution in [2.24, 2.45) is 0 Å². The van der Waals surface area contributed by atoms with Gasteiger partial charge in [-0.15, -0.1) is 5.10 Å². The molecule has 1 fully saturated rings. The molecule has 1 saturated heterocycles. The van der Waals surface area contributed by atoms with Crippen LogP contribution in [-0.4, -0.2) is 68.1 Å². The van der Waals surface area contributed by atoms with Gasteiger partial charge in [0.2, 0.25) is 5.89 Å². The van der Waals surface area contributed by atoms with Gasteiger partial charge in [-0.2, -0.15) is 0 Å². The molecule has 1 amide bonds. The molecule has 0 unspecified atom stereocenters. The maximum Gasteiger partial charge on any atom is 0.407 e. The van der Waals surface area contributed by atoms with Gasteiger partial charge in [0.15, 0.2) is 0 Å². The number of amides is 1. The summed E-state index contributed by atoms with van der Waals surface area (Å²) in [7, 11) is 0. The first-order valence-corrected chi connectivity index (χ1v) is 9.82. The molecule has 0 aliphatic carbocycles. The fraction of sp³-hybridized carbons (Fsp3) is 0.550. The highest BCUT2D eigenvalue weighted by Crippen LogP contribution is 2.26. The van der Waals surface area contributed by atoms with E-state index in [1.807, 2.05) is 26.8 Å². The van der Waals surface area contributed by atoms with Crippen LogP contribution < -0.4 is 5.32 Å². The quantitative estimate of drug-likeness (QED) is 0.674. The smallest absolute Gasteiger partial charge is 0.407 e. The third-order valence-corrected chi connectivity index (χ3v) is 5.19. The number of carboxylic acid groups (broad SMARTS) is 1. The summed E-state index contributed by atoms with van der Waals surface area (Å²) >= 11 is 0. The van der Waals surface area contributed by atoms with Gasteiger partial charge in [-0.25, -0.2) is 4.79 Å². The molecule has 0 bridgehead atoms. The van der Waals surface area contributed by atoms with Crippen LogP contribution in [0, 0.1) is 13.8 Å². The van der Waals surface area contributed by atoms with Crippen molar-refractivity contribution < 1.29 is 19.4 Å². The van der Waals surface area contributed by atoms with Crippen molar-refractivity contribution in [3.63, 3.8) is 0 Å². The lowest BCUT2D eigenvalue weighted by atomic mass is 10.0. The first-order chi connectivity index (χ1) is 13.7. The lowest BCUT2D eigenvalue weighted by Gasteiger charge is -2.38. The van der Waals surface area contributed by atoms with Crippen LogP contribution >= 0.6 is 0 Å². The Morgan fingerprint density at radius 1 is 1.34 bits per heavy atom. The number of aliphatic hydroxyl groups excluding tert-OH is 1. The number of hydrogen-bond acceptors (Lipinski definition) is 7. The molecular weight excluding hydrogens is 374 g/mol. The van der Waals surface area contributed by atoms with Crippen LogP contribution in [0.15, 0.2) is 16.5 Å². The Balaban J connectivity index is 1.72. The number of hydrogen-bond donors (Lipinski definition) is 3. The first-order valence-electron chi connectivity index (χ1n) is 9.82. The number of carbonyl (C=O) groups is 1. The van der Waals surface area contributed by atoms with Gasteiger partial charge in [0.05, 0.1) is 12.5 Å². The van der Waals surface area contributed by atoms with E-state index in [0.717, 1.165) is 23.4 Å². The van der Waals surface area contributed by atoms with Crippen molar-refractivity contribution in [3.05, 3.63) is 34.7 Å². The molecule has 2 atom stereocenters. The highest BCUT2D eigenvalue weighted by molar-refractivity contribution is 5.65. The number of piperazine rings is 1. The molecule has 1 aromatic carbocycles. The number of nitrogens with zero attached hydrogens (tertiary/aromatic N) is 4. The topological polar surface area (TPSA) is 115 Å². The van der Waals surface area contributed by atoms with Crippen molar-refractivity contribution in [2.45, 2.75) is 52.8 Å². The Morgan fingerprint density at radius 2 is 2.10 bits per heavy atom. The Hall–Kier alpha value is -2.65. The van der Waals surface area contributed by atoms with Crippen molar-refractivity contribution in [1.82, 2.24) is 20.0 Å². The molecule has 0 spiro atoms. The summed E-state index contributed by atoms with van der Waals surface area (Å²) in [6.45, 7) is 10.4. The second-order valence-corrected chi connectivity index (χ2v) is 7.84. The lowest BCUT2D eigenvalue weighted by Crippen LogP contribution is -2.53. The van der Waals surface area contributed by atoms with Crippen molar-refractivity contribution in [1.29, 1.82) is 0 Å². The van der Waals surface area contributed by atoms with E-state index in [4.69, 9.17) is 4.42 Å². The van der Waals surface area contributed by atoms with E-state index in [1.54, 1.807) is 6.92 Å². The van der Waals surface area contributed by atoms with E-state index in [0.29, 0.717) is 38.0 Å². The van der Waals surface area contributed by atoms with Crippen LogP contribution in [0.3, 0.4) is 0 Å². The number of aliphatic hydroxyl groups is 1. The van der Waals surface area contributed by atoms with E-state index in [-0.39, 0.29) is 6.04 Å². The van der Waals surface area contributed by atoms with Crippen LogP contribution in [0.5, 0.6) is 0 Å². The summed E-state index contributed by atoms with van der Waals surface area (Å²) in [5, 5.41) is 29.9. The van der Waals surface area contributed by atoms with Crippen molar-refractivity contribution in [3.8, 4) is 0 Å². The zero-order chi connectivity index (χ0) is 21.1. The Bertz CT molecular complexity index is 867. The summed E-state index contributed by atoms with van der Waals surface area (Å²) < 4.78 is 5.57. The summed E-state index contributed by atoms with van der Waals surface area (Å²) in [5.74, 6) is 0.387. The molecule has 2 aromatic rings. The molecule has 2 heterocycles. The standard InChI is InChI=1S/C20H29N5O4/c1-12-7-16(11-24-5-6-25(20(27)28)13(2)10-24)15(4)17(8-12)21-19-23-22-18(29-19)9-14(3)26/h7-8,13-14,26H,5-6,9-11H2,1-4H3,(H,21,23)(H,27,28)/t13-,14-/m0/s1. The largest absolute Gasteiger partial charge is 0.465 e. The minimum atomic E-state index is -0.857. The highest BCUT2D eigenvalue weighted by atomic mass is 16.4. The van der Waals surface area contributed by atoms with Gasteiger partial charge in [-0.05, 0) is 50.5 Å². The van der Waals surface area contributed by atoms with Gasteiger partial charge in [-0.3, -0.25) is 4.90 Å². The third kappa shape index (κ3) is 5.24. The number of aromatic nitrogens is 2. The number of aryl methyl sites for hydroxylation is 1. The molecule has 1 aliphatic heterocycles. The van der Waals surface area contributed by atoms with Crippen LogP contribution in [-0.2, 0) is 13.0 Å². The molecule has 29 heavy (non-hydrogen) atoms. The molecule has 9 heteroatoms. The molecule has 0 saturated carbocycles. The second kappa shape index (κ2) is 8.79. The average Bonchev–Trinajstić information content (AvgIpc) is 3.05. The van der Waals surface area contributed by atoms with Gasteiger partial charge in [0.25, 0.3) is 0 Å². The zero-order valence-corrected chi connectivity index (χ0v) is 17.3. The average molecular weight is 403 g/mol. The maximum atomic E-state index is 11.3. The van der Waals surface area contributed by atoms with Gasteiger partial charge in [-0.1, -0.05) is 11.2 Å². The van der Waals surface area contributed by atoms with Gasteiger partial charge in [0.1, 0.15) is 0 Å². The SMILES string of the molecule is Cc1cc(CN2CCN(C(=O)O)[C@@H](C)C2)c(C)c(Nc2nnc(C[C@H](C)O)o2)c1. The van der Waals surface area contributed by atoms with Gasteiger partial charge in [0, 0.05) is 37.9 Å². The fourth-order valence-corrected chi connectivity index (χ4v) is 3.68. The van der Waals surface area contributed by atoms with Crippen LogP contribution in [0.25, 0.3) is 0 Å². The van der Waals surface area contributed by atoms with Crippen molar-refractivity contribution >= 4 is 17.8 Å². The molecule has 158 valence electrons. The monoisotopic (exact) mass is 403 g/mol. The maximum absolute atomic E-state index is 11.3. The van der Waals surface area contributed by atoms with Crippen LogP contribution in [0.2, 0.25) is 0 Å². The molecular formula is C20H29N5O4. The Morgan fingerprint density at radius 3 is 2.76 bits per heavy atom. The Labute approximate surface area is 170 Å². The number of rotatable bonds is 6. The van der Waals surface area contributed by atoms with Crippen molar-refractivity contribution in [2.75, 3.05) is 25.0 Å². The van der Waals surface area contributed by atoms with E-state index < -0.39 is 12.2 Å². The third-order valence-electron chi connectivity index (χ3n) is 5.19. The molecule has 3 N–H and O–H groups in total. The zero-order valence-electron chi connectivity index (χ0n) is 17.3. The fourth-order valence-electron chi connectivity index (χ4n) is 3.68. The van der Waals surface area contributed by atoms with Crippen LogP contribution in [0.4, 0.5) is 16.5 Å². The normalized spacial score (nSPS) is 18.7. The highest BCUT2D eigenvalue weighted by Gasteiger charge is 2.27. The molecule has 3 rings (SSSR count). The summed E-state index contributed by atoms with van der Waals surface area (Å²) in [6.07, 6.45) is -1.09. The molecule has 1 aliphatic rings. The van der Waals surface area contributed by atoms with E-state index in [1.165, 1.54) is 10.5 Å². The molecule has 0 radical (unpaired) electrons. The van der Waals surface area contributed by atoms with Crippen LogP contribution in [0.1, 0.15) is 36.4 Å². The minimum Gasteiger partial charge on any atom is -0.465 e. The second-order valence-electron chi connectivity index (χ2n) is 7.84. The predicted octanol–water partition coefficient (Wildman–Crippen LogP) is 2.54. The van der Waals surface area contributed by atoms with E-state index >= 15 is 0 Å². The summed E-state index contributed by atoms with van der Waals surface area (Å²) in [5.41, 5.74) is 4.25. The van der Waals surface area contributed by atoms with E-state index in [9.17, 15) is 15.0 Å². The summed E-state index contributed by atoms with van der Waals surface area (Å²) in [6, 6.07) is 4.45. The molecule has 1 aromatic heterocycles.